The fraction of sp³-hybridized carbons (Fsp3) is 0.714. The van der Waals surface area contributed by atoms with Gasteiger partial charge < -0.3 is 14.6 Å². The predicted molar refractivity (Wildman–Crippen MR) is 133 cm³/mol. The number of halogens is 1. The Hall–Kier alpha value is -1.99. The number of rotatable bonds is 6. The highest BCUT2D eigenvalue weighted by Crippen LogP contribution is 2.69. The molecule has 1 N–H and O–H groups in total. The van der Waals surface area contributed by atoms with E-state index in [1.54, 1.807) is 26.0 Å². The van der Waals surface area contributed by atoms with Crippen LogP contribution in [0.4, 0.5) is 0 Å². The van der Waals surface area contributed by atoms with Gasteiger partial charge in [0.25, 0.3) is 0 Å². The van der Waals surface area contributed by atoms with E-state index in [1.165, 1.54) is 0 Å². The topological polar surface area (TPSA) is 107 Å². The van der Waals surface area contributed by atoms with E-state index in [-0.39, 0.29) is 54.1 Å². The van der Waals surface area contributed by atoms with Gasteiger partial charge in [0.05, 0.1) is 6.10 Å². The van der Waals surface area contributed by atoms with E-state index in [1.807, 2.05) is 26.8 Å². The molecular weight excluding hydrogens is 484 g/mol. The molecule has 7 nitrogen and oxygen atoms in total. The van der Waals surface area contributed by atoms with Gasteiger partial charge in [-0.3, -0.25) is 19.2 Å². The zero-order valence-electron chi connectivity index (χ0n) is 21.7. The maximum Gasteiger partial charge on any atom is 0.306 e. The van der Waals surface area contributed by atoms with E-state index in [2.05, 4.69) is 0 Å². The molecule has 4 aliphatic rings. The average molecular weight is 521 g/mol. The minimum absolute atomic E-state index is 0.0767. The third-order valence-electron chi connectivity index (χ3n) is 9.65. The molecule has 0 heterocycles. The van der Waals surface area contributed by atoms with Crippen LogP contribution in [0.15, 0.2) is 23.8 Å². The van der Waals surface area contributed by atoms with Crippen molar-refractivity contribution in [2.75, 3.05) is 6.61 Å². The first kappa shape index (κ1) is 27.1. The van der Waals surface area contributed by atoms with Crippen LogP contribution in [0.3, 0.4) is 0 Å². The van der Waals surface area contributed by atoms with Crippen molar-refractivity contribution in [1.29, 1.82) is 0 Å². The van der Waals surface area contributed by atoms with E-state index >= 15 is 0 Å². The lowest BCUT2D eigenvalue weighted by molar-refractivity contribution is -0.205. The largest absolute Gasteiger partial charge is 0.457 e. The molecule has 36 heavy (non-hydrogen) atoms. The average Bonchev–Trinajstić information content (AvgIpc) is 3.04. The fourth-order valence-electron chi connectivity index (χ4n) is 8.04. The summed E-state index contributed by atoms with van der Waals surface area (Å²) in [6.45, 7) is 8.69. The van der Waals surface area contributed by atoms with E-state index < -0.39 is 46.9 Å². The number of Topliss-reactive ketones (excluding diaryl/α,β-unsaturated/α-hetero) is 1. The lowest BCUT2D eigenvalue weighted by Crippen LogP contribution is -2.65. The molecule has 4 rings (SSSR count). The van der Waals surface area contributed by atoms with Gasteiger partial charge in [-0.15, -0.1) is 11.6 Å². The Bertz CT molecular complexity index is 1030. The molecule has 0 spiro atoms. The van der Waals surface area contributed by atoms with Crippen LogP contribution >= 0.6 is 11.6 Å². The van der Waals surface area contributed by atoms with Gasteiger partial charge in [-0.25, -0.2) is 0 Å². The zero-order valence-corrected chi connectivity index (χ0v) is 22.5. The number of hydrogen-bond acceptors (Lipinski definition) is 7. The second-order valence-corrected chi connectivity index (χ2v) is 12.0. The van der Waals surface area contributed by atoms with Crippen molar-refractivity contribution in [3.8, 4) is 0 Å². The van der Waals surface area contributed by atoms with Crippen LogP contribution in [0, 0.1) is 34.5 Å². The molecule has 0 amide bonds. The Kier molecular flexibility index (Phi) is 7.06. The van der Waals surface area contributed by atoms with Crippen LogP contribution < -0.4 is 0 Å². The quantitative estimate of drug-likeness (QED) is 0.417. The highest BCUT2D eigenvalue weighted by Gasteiger charge is 2.73. The molecule has 0 radical (unpaired) electrons. The standard InChI is InChI=1S/C28H37ClO7/c1-6-22(33)35-14-21(32)28(36-23(34)7-2)15(3)10-18-24-19(29)12-16-11-17(30)8-9-26(16,4)25(24)20(31)13-27(18,28)5/h8-9,11,15,18-20,24-25,31H,6-7,10,12-14H2,1-5H3/t15-,18-,19-,20+,24-,25+,26-,27-,28+/m1/s1. The number of aliphatic hydroxyl groups excluding tert-OH is 1. The van der Waals surface area contributed by atoms with Crippen molar-refractivity contribution in [2.45, 2.75) is 83.8 Å². The van der Waals surface area contributed by atoms with Crippen molar-refractivity contribution in [2.24, 2.45) is 34.5 Å². The van der Waals surface area contributed by atoms with Crippen LogP contribution in [-0.2, 0) is 28.7 Å². The van der Waals surface area contributed by atoms with Crippen molar-refractivity contribution in [3.63, 3.8) is 0 Å². The summed E-state index contributed by atoms with van der Waals surface area (Å²) in [7, 11) is 0. The maximum atomic E-state index is 13.9. The number of ether oxygens (including phenoxy) is 2. The predicted octanol–water partition coefficient (Wildman–Crippen LogP) is 3.94. The summed E-state index contributed by atoms with van der Waals surface area (Å²) in [5, 5.41) is 11.4. The van der Waals surface area contributed by atoms with Crippen LogP contribution in [0.25, 0.3) is 0 Å². The molecule has 4 aliphatic carbocycles. The molecule has 8 heteroatoms. The molecule has 0 saturated heterocycles. The molecule has 3 saturated carbocycles. The summed E-state index contributed by atoms with van der Waals surface area (Å²) in [5.74, 6) is -2.44. The number of aliphatic hydroxyl groups is 1. The smallest absolute Gasteiger partial charge is 0.306 e. The molecule has 0 aromatic carbocycles. The number of allylic oxidation sites excluding steroid dienone is 4. The SMILES string of the molecule is CCC(=O)OCC(=O)[C@@]1(OC(=O)CC)[C@H](C)C[C@@H]2[C@H]3[C@H]([C@@H](O)C[C@]21C)[C@]1(C)C=CC(=O)C=C1C[C@H]3Cl. The first-order valence-electron chi connectivity index (χ1n) is 13.0. The van der Waals surface area contributed by atoms with Crippen molar-refractivity contribution in [1.82, 2.24) is 0 Å². The van der Waals surface area contributed by atoms with Gasteiger partial charge in [-0.05, 0) is 43.3 Å². The molecule has 0 aliphatic heterocycles. The summed E-state index contributed by atoms with van der Waals surface area (Å²) in [6.07, 6.45) is 5.79. The van der Waals surface area contributed by atoms with Gasteiger partial charge >= 0.3 is 11.9 Å². The van der Waals surface area contributed by atoms with E-state index in [4.69, 9.17) is 21.1 Å². The summed E-state index contributed by atoms with van der Waals surface area (Å²) in [5.41, 5.74) is -2.06. The van der Waals surface area contributed by atoms with Gasteiger partial charge in [-0.2, -0.15) is 0 Å². The van der Waals surface area contributed by atoms with Gasteiger partial charge in [0.1, 0.15) is 0 Å². The van der Waals surface area contributed by atoms with Gasteiger partial charge in [0, 0.05) is 40.9 Å². The number of carbonyl (C=O) groups is 4. The van der Waals surface area contributed by atoms with E-state index in [0.717, 1.165) is 5.57 Å². The molecule has 3 fully saturated rings. The van der Waals surface area contributed by atoms with Crippen molar-refractivity contribution >= 4 is 35.1 Å². The number of ketones is 2. The minimum Gasteiger partial charge on any atom is -0.457 e. The van der Waals surface area contributed by atoms with Crippen LogP contribution in [-0.4, -0.2) is 52.3 Å². The number of fused-ring (bicyclic) bond motifs is 5. The molecule has 198 valence electrons. The van der Waals surface area contributed by atoms with Gasteiger partial charge in [-0.1, -0.05) is 46.3 Å². The van der Waals surface area contributed by atoms with Crippen molar-refractivity contribution in [3.05, 3.63) is 23.8 Å². The third kappa shape index (κ3) is 3.80. The summed E-state index contributed by atoms with van der Waals surface area (Å²) in [6, 6.07) is 0. The number of esters is 2. The molecule has 0 bridgehead atoms. The Morgan fingerprint density at radius 1 is 1.17 bits per heavy atom. The summed E-state index contributed by atoms with van der Waals surface area (Å²) in [4.78, 5) is 50.5. The monoisotopic (exact) mass is 520 g/mol. The Morgan fingerprint density at radius 2 is 1.83 bits per heavy atom. The summed E-state index contributed by atoms with van der Waals surface area (Å²) < 4.78 is 11.3. The van der Waals surface area contributed by atoms with Gasteiger partial charge in [0.2, 0.25) is 5.78 Å². The second kappa shape index (κ2) is 9.39. The summed E-state index contributed by atoms with van der Waals surface area (Å²) >= 11 is 7.04. The number of hydrogen-bond donors (Lipinski definition) is 1. The second-order valence-electron chi connectivity index (χ2n) is 11.4. The Balaban J connectivity index is 1.79. The van der Waals surface area contributed by atoms with Crippen LogP contribution in [0.2, 0.25) is 0 Å². The molecule has 0 aromatic heterocycles. The Morgan fingerprint density at radius 3 is 2.47 bits per heavy atom. The fourth-order valence-corrected chi connectivity index (χ4v) is 8.54. The minimum atomic E-state index is -1.54. The van der Waals surface area contributed by atoms with E-state index in [0.29, 0.717) is 12.8 Å². The van der Waals surface area contributed by atoms with Crippen molar-refractivity contribution < 1.29 is 33.8 Å². The van der Waals surface area contributed by atoms with Crippen LogP contribution in [0.5, 0.6) is 0 Å². The first-order chi connectivity index (χ1) is 16.9. The van der Waals surface area contributed by atoms with Gasteiger partial charge in [0.15, 0.2) is 18.0 Å². The highest BCUT2D eigenvalue weighted by molar-refractivity contribution is 6.21. The molecule has 9 atom stereocenters. The lowest BCUT2D eigenvalue weighted by Gasteiger charge is -2.61. The molecular formula is C28H37ClO7. The molecule has 0 aromatic rings. The van der Waals surface area contributed by atoms with Crippen LogP contribution in [0.1, 0.15) is 66.7 Å². The lowest BCUT2D eigenvalue weighted by atomic mass is 9.46. The first-order valence-corrected chi connectivity index (χ1v) is 13.5. The van der Waals surface area contributed by atoms with E-state index in [9.17, 15) is 24.3 Å². The third-order valence-corrected chi connectivity index (χ3v) is 10.1. The Labute approximate surface area is 217 Å². The molecule has 0 unspecified atom stereocenters. The number of carbonyl (C=O) groups excluding carboxylic acids is 4. The maximum absolute atomic E-state index is 13.9. The number of alkyl halides is 1. The zero-order chi connectivity index (χ0) is 26.6. The normalized spacial score (nSPS) is 43.1. The highest BCUT2D eigenvalue weighted by atomic mass is 35.5.